The number of rotatable bonds is 31. The minimum atomic E-state index is -2.07. The van der Waals surface area contributed by atoms with Crippen LogP contribution >= 0.6 is 0 Å². The molecule has 30 nitrogen and oxygen atoms in total. The number of carboxylic acid groups (broad SMARTS) is 2. The molecule has 1 aromatic carbocycles. The third kappa shape index (κ3) is 20.8. The van der Waals surface area contributed by atoms with Crippen LogP contribution in [0.5, 0.6) is 5.75 Å². The Morgan fingerprint density at radius 3 is 1.66 bits per heavy atom. The summed E-state index contributed by atoms with van der Waals surface area (Å²) in [4.78, 5) is 148. The molecule has 1 saturated heterocycles. The van der Waals surface area contributed by atoms with Crippen LogP contribution in [0.1, 0.15) is 71.3 Å². The normalized spacial score (nSPS) is 16.8. The Kier molecular flexibility index (Phi) is 25.6. The summed E-state index contributed by atoms with van der Waals surface area (Å²) < 4.78 is 0. The third-order valence-corrected chi connectivity index (χ3v) is 11.2. The first-order valence-electron chi connectivity index (χ1n) is 23.3. The van der Waals surface area contributed by atoms with Crippen LogP contribution in [0.2, 0.25) is 0 Å². The smallest absolute Gasteiger partial charge is 0.326 e. The lowest BCUT2D eigenvalue weighted by atomic mass is 10.0. The molecule has 0 saturated carbocycles. The highest BCUT2D eigenvalue weighted by Gasteiger charge is 2.41. The summed E-state index contributed by atoms with van der Waals surface area (Å²) in [7, 11) is 0. The van der Waals surface area contributed by atoms with Gasteiger partial charge in [-0.15, -0.1) is 0 Å². The van der Waals surface area contributed by atoms with E-state index >= 15 is 0 Å². The molecule has 1 aliphatic rings. The summed E-state index contributed by atoms with van der Waals surface area (Å²) in [6, 6.07) is -9.53. The van der Waals surface area contributed by atoms with Gasteiger partial charge in [0, 0.05) is 19.5 Å². The minimum Gasteiger partial charge on any atom is -0.508 e. The van der Waals surface area contributed by atoms with E-state index in [0.29, 0.717) is 12.0 Å². The number of hydrogen-bond donors (Lipinski definition) is 17. The summed E-state index contributed by atoms with van der Waals surface area (Å²) in [6.07, 6.45) is -3.16. The molecule has 412 valence electrons. The van der Waals surface area contributed by atoms with Crippen LogP contribution < -0.4 is 60.2 Å². The molecule has 30 heteroatoms. The third-order valence-electron chi connectivity index (χ3n) is 11.2. The molecule has 1 fully saturated rings. The largest absolute Gasteiger partial charge is 0.508 e. The van der Waals surface area contributed by atoms with Gasteiger partial charge < -0.3 is 95.7 Å². The van der Waals surface area contributed by atoms with Gasteiger partial charge in [-0.05, 0) is 62.6 Å². The van der Waals surface area contributed by atoms with E-state index in [2.05, 4.69) is 26.3 Å². The van der Waals surface area contributed by atoms with Gasteiger partial charge >= 0.3 is 11.9 Å². The first-order valence-corrected chi connectivity index (χ1v) is 23.3. The van der Waals surface area contributed by atoms with Crippen molar-refractivity contribution in [2.45, 2.75) is 133 Å². The average Bonchev–Trinajstić information content (AvgIpc) is 3.82. The van der Waals surface area contributed by atoms with E-state index in [1.54, 1.807) is 13.8 Å². The van der Waals surface area contributed by atoms with E-state index < -0.39 is 152 Å². The maximum atomic E-state index is 14.0. The fourth-order valence-electron chi connectivity index (χ4n) is 7.36. The number of phenols is 1. The number of primary amides is 1. The first kappa shape index (κ1) is 62.4. The first-order chi connectivity index (χ1) is 34.7. The lowest BCUT2D eigenvalue weighted by Crippen LogP contribution is -2.62. The molecule has 1 heterocycles. The van der Waals surface area contributed by atoms with Gasteiger partial charge in [0.1, 0.15) is 54.1 Å². The fraction of sp³-hybridized carbons (Fsp3) is 0.591. The van der Waals surface area contributed by atoms with E-state index in [-0.39, 0.29) is 62.8 Å². The Hall–Kier alpha value is -7.70. The summed E-state index contributed by atoms with van der Waals surface area (Å²) in [5.74, 6) is -13.8. The molecule has 21 N–H and O–H groups in total. The molecule has 1 aliphatic heterocycles. The van der Waals surface area contributed by atoms with Gasteiger partial charge in [0.25, 0.3) is 0 Å². The van der Waals surface area contributed by atoms with Gasteiger partial charge in [0.2, 0.25) is 53.2 Å². The summed E-state index contributed by atoms with van der Waals surface area (Å²) in [6.45, 7) is 2.32. The highest BCUT2D eigenvalue weighted by atomic mass is 16.4. The number of nitrogens with zero attached hydrogens (tertiary/aromatic N) is 2. The zero-order valence-corrected chi connectivity index (χ0v) is 41.0. The Morgan fingerprint density at radius 1 is 0.689 bits per heavy atom. The van der Waals surface area contributed by atoms with Crippen molar-refractivity contribution in [3.8, 4) is 5.75 Å². The van der Waals surface area contributed by atoms with Gasteiger partial charge in [-0.1, -0.05) is 26.0 Å². The van der Waals surface area contributed by atoms with Crippen LogP contribution in [0.15, 0.2) is 29.3 Å². The monoisotopic (exact) mass is 1050 g/mol. The SMILES string of the molecule is CC(C)C[C@H](NC(=O)[C@H](CC(N)=O)NC(=O)[C@H](CC(=O)O)NC(=O)[C@H](CO)NC(=O)[C@H](CO)NC(=O)[C@H](Cc1ccc(O)cc1)NC(=O)[C@@H]1CCCN1C(=O)[C@@H](NC(=O)[C@@H](N)CCCN=C(N)N)[C@@H](C)O)C(=O)O. The van der Waals surface area contributed by atoms with Crippen LogP contribution in [0, 0.1) is 5.92 Å². The van der Waals surface area contributed by atoms with Crippen molar-refractivity contribution < 1.29 is 83.4 Å². The zero-order valence-electron chi connectivity index (χ0n) is 41.0. The van der Waals surface area contributed by atoms with Gasteiger partial charge in [-0.2, -0.15) is 0 Å². The van der Waals surface area contributed by atoms with Gasteiger partial charge in [0.05, 0.1) is 38.2 Å². The molecule has 9 amide bonds. The van der Waals surface area contributed by atoms with Crippen molar-refractivity contribution in [3.05, 3.63) is 29.8 Å². The second-order valence-electron chi connectivity index (χ2n) is 17.8. The number of carbonyl (C=O) groups excluding carboxylic acids is 9. The number of aliphatic imine (C=N–C) groups is 1. The number of aliphatic hydroxyl groups excluding tert-OH is 3. The number of amides is 9. The van der Waals surface area contributed by atoms with Gasteiger partial charge in [-0.3, -0.25) is 52.9 Å². The molecular weight excluding hydrogens is 983 g/mol. The molecule has 0 bridgehead atoms. The Morgan fingerprint density at radius 2 is 1.19 bits per heavy atom. The number of benzene rings is 1. The summed E-state index contributed by atoms with van der Waals surface area (Å²) in [5.41, 5.74) is 22.2. The van der Waals surface area contributed by atoms with Crippen LogP contribution in [-0.4, -0.2) is 193 Å². The highest BCUT2D eigenvalue weighted by molar-refractivity contribution is 5.99. The molecule has 1 aromatic rings. The van der Waals surface area contributed by atoms with Crippen molar-refractivity contribution in [2.24, 2.45) is 33.8 Å². The Balaban J connectivity index is 2.30. The van der Waals surface area contributed by atoms with Crippen molar-refractivity contribution in [1.29, 1.82) is 0 Å². The van der Waals surface area contributed by atoms with Crippen molar-refractivity contribution in [1.82, 2.24) is 42.1 Å². The standard InChI is InChI=1S/C44H69N13O17/c1-20(2)14-28(43(73)74)53-37(67)26(16-32(46)62)50-38(68)27(17-33(63)64)51-39(69)29(18-58)55-40(70)30(19-59)54-36(66)25(15-22-8-10-23(61)11-9-22)52-41(71)31-7-5-13-57(31)42(72)34(21(3)60)56-35(65)24(45)6-4-12-49-44(47)48/h8-11,20-21,24-31,34,58-61H,4-7,12-19,45H2,1-3H3,(H2,46,62)(H,50,68)(H,51,69)(H,52,71)(H,53,67)(H,54,66)(H,55,70)(H,56,65)(H,63,64)(H,73,74)(H4,47,48,49)/t21-,24+,25+,26+,27+,28+,29+,30+,31+,34+/m1/s1. The fourth-order valence-corrected chi connectivity index (χ4v) is 7.36. The molecule has 0 aliphatic carbocycles. The van der Waals surface area contributed by atoms with Crippen molar-refractivity contribution >= 4 is 71.1 Å². The van der Waals surface area contributed by atoms with Gasteiger partial charge in [-0.25, -0.2) is 4.79 Å². The van der Waals surface area contributed by atoms with Crippen LogP contribution in [0.4, 0.5) is 0 Å². The van der Waals surface area contributed by atoms with E-state index in [0.717, 1.165) is 4.90 Å². The molecule has 0 unspecified atom stereocenters. The highest BCUT2D eigenvalue weighted by Crippen LogP contribution is 2.21. The van der Waals surface area contributed by atoms with Gasteiger partial charge in [0.15, 0.2) is 5.96 Å². The number of aliphatic carboxylic acids is 2. The number of nitrogens with one attached hydrogen (secondary N) is 7. The summed E-state index contributed by atoms with van der Waals surface area (Å²) in [5, 5.41) is 75.2. The van der Waals surface area contributed by atoms with Crippen LogP contribution in [0.25, 0.3) is 0 Å². The zero-order chi connectivity index (χ0) is 56.0. The molecular formula is C44H69N13O17. The van der Waals surface area contributed by atoms with Crippen LogP contribution in [-0.2, 0) is 59.2 Å². The van der Waals surface area contributed by atoms with E-state index in [4.69, 9.17) is 22.9 Å². The van der Waals surface area contributed by atoms with Crippen molar-refractivity contribution in [3.63, 3.8) is 0 Å². The molecule has 10 atom stereocenters. The quantitative estimate of drug-likeness (QED) is 0.0187. The molecule has 0 aromatic heterocycles. The molecule has 74 heavy (non-hydrogen) atoms. The lowest BCUT2D eigenvalue weighted by Gasteiger charge is -2.31. The number of aliphatic hydroxyl groups is 3. The number of aromatic hydroxyl groups is 1. The topological polar surface area (TPSA) is 513 Å². The number of guanidine groups is 1. The maximum Gasteiger partial charge on any atom is 0.326 e. The predicted octanol–water partition coefficient (Wildman–Crippen LogP) is -7.45. The van der Waals surface area contributed by atoms with Crippen molar-refractivity contribution in [2.75, 3.05) is 26.3 Å². The van der Waals surface area contributed by atoms with E-state index in [9.17, 15) is 83.4 Å². The summed E-state index contributed by atoms with van der Waals surface area (Å²) >= 11 is 0. The predicted molar refractivity (Wildman–Crippen MR) is 257 cm³/mol. The maximum absolute atomic E-state index is 14.0. The number of nitrogens with two attached hydrogens (primary N) is 4. The van der Waals surface area contributed by atoms with Crippen LogP contribution in [0.3, 0.4) is 0 Å². The Labute approximate surface area is 424 Å². The van der Waals surface area contributed by atoms with E-state index in [1.807, 2.05) is 16.0 Å². The number of phenolic OH excluding ortho intramolecular Hbond substituents is 1. The molecule has 0 spiro atoms. The lowest BCUT2D eigenvalue weighted by molar-refractivity contribution is -0.144. The second kappa shape index (κ2) is 30.4. The average molecular weight is 1050 g/mol. The second-order valence-corrected chi connectivity index (χ2v) is 17.8. The molecule has 0 radical (unpaired) electrons. The number of hydrogen-bond acceptors (Lipinski definition) is 17. The molecule has 2 rings (SSSR count). The minimum absolute atomic E-state index is 0.00992. The van der Waals surface area contributed by atoms with E-state index in [1.165, 1.54) is 31.2 Å². The number of carbonyl (C=O) groups is 11. The number of carboxylic acids is 2. The Bertz CT molecular complexity index is 2190. The number of likely N-dealkylation sites (tertiary alicyclic amines) is 1.